The van der Waals surface area contributed by atoms with Crippen molar-refractivity contribution in [3.05, 3.63) is 0 Å². The average Bonchev–Trinajstić information content (AvgIpc) is 2.29. The van der Waals surface area contributed by atoms with Gasteiger partial charge in [0.05, 0.1) is 16.2 Å². The zero-order chi connectivity index (χ0) is 13.9. The van der Waals surface area contributed by atoms with Crippen LogP contribution in [0.3, 0.4) is 0 Å². The topological polar surface area (TPSA) is 77.4 Å². The summed E-state index contributed by atoms with van der Waals surface area (Å²) < 4.78 is 31.1. The van der Waals surface area contributed by atoms with E-state index in [4.69, 9.17) is 0 Å². The third kappa shape index (κ3) is 19.5. The van der Waals surface area contributed by atoms with Gasteiger partial charge in [-0.1, -0.05) is 58.3 Å². The molecule has 4 nitrogen and oxygen atoms in total. The maximum atomic E-state index is 10.4. The van der Waals surface area contributed by atoms with Crippen molar-refractivity contribution in [3.8, 4) is 0 Å². The van der Waals surface area contributed by atoms with Gasteiger partial charge < -0.3 is 9.66 Å². The van der Waals surface area contributed by atoms with Crippen molar-refractivity contribution in [1.29, 1.82) is 0 Å². The molecule has 0 rings (SSSR count). The minimum Gasteiger partial charge on any atom is -0.748 e. The summed E-state index contributed by atoms with van der Waals surface area (Å²) >= 11 is 0. The van der Waals surface area contributed by atoms with Gasteiger partial charge in [-0.3, -0.25) is 0 Å². The first-order valence-corrected chi connectivity index (χ1v) is 8.65. The van der Waals surface area contributed by atoms with E-state index < -0.39 is 22.0 Å². The van der Waals surface area contributed by atoms with Gasteiger partial charge >= 0.3 is 51.4 Å². The summed E-state index contributed by atoms with van der Waals surface area (Å²) in [5.74, 6) is -0.453. The largest absolute Gasteiger partial charge is 1.00 e. The summed E-state index contributed by atoms with van der Waals surface area (Å²) in [7, 11) is -4.18. The maximum Gasteiger partial charge on any atom is 1.00 e. The van der Waals surface area contributed by atoms with Gasteiger partial charge in [-0.15, -0.1) is 0 Å². The fourth-order valence-corrected chi connectivity index (χ4v) is 2.50. The predicted molar refractivity (Wildman–Crippen MR) is 72.4 cm³/mol. The summed E-state index contributed by atoms with van der Waals surface area (Å²) in [5.41, 5.74) is 0. The molecule has 0 aromatic heterocycles. The van der Waals surface area contributed by atoms with Gasteiger partial charge in [0.1, 0.15) is 0 Å². The summed E-state index contributed by atoms with van der Waals surface area (Å²) in [5, 5.41) is 9.48. The SMILES string of the molecule is CCCCCCCCCCC(O)CCS(=O)(=O)[O-].[K+]. The zero-order valence-electron chi connectivity index (χ0n) is 12.4. The fourth-order valence-electron chi connectivity index (χ4n) is 1.94. The van der Waals surface area contributed by atoms with Crippen molar-refractivity contribution >= 4 is 10.1 Å². The summed E-state index contributed by atoms with van der Waals surface area (Å²) in [4.78, 5) is 0. The minimum atomic E-state index is -4.18. The van der Waals surface area contributed by atoms with Gasteiger partial charge in [0.15, 0.2) is 0 Å². The van der Waals surface area contributed by atoms with E-state index in [1.165, 1.54) is 38.5 Å². The van der Waals surface area contributed by atoms with Crippen molar-refractivity contribution in [3.63, 3.8) is 0 Å². The van der Waals surface area contributed by atoms with Crippen molar-refractivity contribution in [1.82, 2.24) is 0 Å². The van der Waals surface area contributed by atoms with Gasteiger partial charge in [-0.25, -0.2) is 8.42 Å². The first-order chi connectivity index (χ1) is 8.45. The van der Waals surface area contributed by atoms with Crippen LogP contribution in [0.1, 0.15) is 71.1 Å². The zero-order valence-corrected chi connectivity index (χ0v) is 16.4. The molecule has 19 heavy (non-hydrogen) atoms. The number of hydrogen-bond donors (Lipinski definition) is 1. The molecule has 0 heterocycles. The Balaban J connectivity index is 0. The normalized spacial score (nSPS) is 13.0. The Morgan fingerprint density at radius 2 is 1.42 bits per heavy atom. The molecule has 1 unspecified atom stereocenters. The molecule has 0 saturated heterocycles. The molecular weight excluding hydrogens is 291 g/mol. The monoisotopic (exact) mass is 318 g/mol. The van der Waals surface area contributed by atoms with Gasteiger partial charge in [0.25, 0.3) is 0 Å². The quantitative estimate of drug-likeness (QED) is 0.308. The summed E-state index contributed by atoms with van der Waals surface area (Å²) in [6, 6.07) is 0. The van der Waals surface area contributed by atoms with Crippen LogP contribution >= 0.6 is 0 Å². The Bertz CT molecular complexity index is 280. The summed E-state index contributed by atoms with van der Waals surface area (Å²) in [6.45, 7) is 2.20. The van der Waals surface area contributed by atoms with Crippen molar-refractivity contribution in [2.45, 2.75) is 77.2 Å². The van der Waals surface area contributed by atoms with Crippen LogP contribution in [0.2, 0.25) is 0 Å². The van der Waals surface area contributed by atoms with Crippen molar-refractivity contribution in [2.75, 3.05) is 5.75 Å². The third-order valence-corrected chi connectivity index (χ3v) is 3.83. The van der Waals surface area contributed by atoms with Crippen LogP contribution in [0.5, 0.6) is 0 Å². The first-order valence-electron chi connectivity index (χ1n) is 7.07. The number of aliphatic hydroxyl groups excluding tert-OH is 1. The van der Waals surface area contributed by atoms with E-state index in [1.54, 1.807) is 0 Å². The third-order valence-electron chi connectivity index (χ3n) is 3.09. The molecule has 110 valence electrons. The van der Waals surface area contributed by atoms with Crippen molar-refractivity contribution in [2.24, 2.45) is 0 Å². The van der Waals surface area contributed by atoms with E-state index in [-0.39, 0.29) is 57.8 Å². The molecular formula is C13H27KO4S. The average molecular weight is 319 g/mol. The number of hydrogen-bond acceptors (Lipinski definition) is 4. The second-order valence-corrected chi connectivity index (χ2v) is 6.49. The fraction of sp³-hybridized carbons (Fsp3) is 1.00. The Kier molecular flexibility index (Phi) is 17.3. The molecule has 0 bridgehead atoms. The van der Waals surface area contributed by atoms with E-state index in [0.717, 1.165) is 12.8 Å². The molecule has 0 aliphatic heterocycles. The smallest absolute Gasteiger partial charge is 0.748 e. The molecule has 0 aromatic carbocycles. The van der Waals surface area contributed by atoms with Crippen LogP contribution in [0.25, 0.3) is 0 Å². The number of unbranched alkanes of at least 4 members (excludes halogenated alkanes) is 7. The molecule has 6 heteroatoms. The molecule has 0 fully saturated rings. The van der Waals surface area contributed by atoms with E-state index in [9.17, 15) is 18.1 Å². The molecule has 1 N–H and O–H groups in total. The Hall–Kier alpha value is 1.51. The van der Waals surface area contributed by atoms with Crippen LogP contribution < -0.4 is 51.4 Å². The molecule has 1 atom stereocenters. The number of aliphatic hydroxyl groups is 1. The van der Waals surface area contributed by atoms with Crippen LogP contribution in [0.15, 0.2) is 0 Å². The molecule has 0 aliphatic carbocycles. The van der Waals surface area contributed by atoms with Gasteiger partial charge in [0.2, 0.25) is 0 Å². The van der Waals surface area contributed by atoms with Crippen LogP contribution in [0, 0.1) is 0 Å². The van der Waals surface area contributed by atoms with Gasteiger partial charge in [-0.05, 0) is 12.8 Å². The van der Waals surface area contributed by atoms with E-state index in [2.05, 4.69) is 6.92 Å². The number of rotatable bonds is 12. The molecule has 0 spiro atoms. The van der Waals surface area contributed by atoms with E-state index in [0.29, 0.717) is 6.42 Å². The van der Waals surface area contributed by atoms with Crippen LogP contribution in [-0.4, -0.2) is 29.9 Å². The Labute approximate surface area is 160 Å². The second-order valence-electron chi connectivity index (χ2n) is 4.97. The second kappa shape index (κ2) is 14.4. The first kappa shape index (κ1) is 22.8. The maximum absolute atomic E-state index is 10.4. The molecule has 0 aliphatic rings. The molecule has 0 radical (unpaired) electrons. The van der Waals surface area contributed by atoms with Gasteiger partial charge in [0, 0.05) is 5.75 Å². The molecule has 0 aromatic rings. The van der Waals surface area contributed by atoms with Crippen LogP contribution in [-0.2, 0) is 10.1 Å². The molecule has 0 saturated carbocycles. The van der Waals surface area contributed by atoms with Crippen molar-refractivity contribution < 1.29 is 69.5 Å². The van der Waals surface area contributed by atoms with Crippen LogP contribution in [0.4, 0.5) is 0 Å². The Morgan fingerprint density at radius 1 is 0.947 bits per heavy atom. The Morgan fingerprint density at radius 3 is 1.89 bits per heavy atom. The van der Waals surface area contributed by atoms with Gasteiger partial charge in [-0.2, -0.15) is 0 Å². The summed E-state index contributed by atoms with van der Waals surface area (Å²) in [6.07, 6.45) is 9.59. The van der Waals surface area contributed by atoms with E-state index in [1.807, 2.05) is 0 Å². The predicted octanol–water partition coefficient (Wildman–Crippen LogP) is -0.183. The minimum absolute atomic E-state index is 0. The van der Waals surface area contributed by atoms with E-state index >= 15 is 0 Å². The molecule has 0 amide bonds. The standard InChI is InChI=1S/C13H28O4S.K/c1-2-3-4-5-6-7-8-9-10-13(14)11-12-18(15,16)17;/h13-14H,2-12H2,1H3,(H,15,16,17);/q;+1/p-1.